The Morgan fingerprint density at radius 3 is 2.77 bits per heavy atom. The first-order valence-corrected chi connectivity index (χ1v) is 14.0. The van der Waals surface area contributed by atoms with Gasteiger partial charge in [0, 0.05) is 25.7 Å². The number of para-hydroxylation sites is 1. The number of nitrogens with zero attached hydrogens (tertiary/aromatic N) is 3. The van der Waals surface area contributed by atoms with Crippen LogP contribution in [0.25, 0.3) is 0 Å². The Morgan fingerprint density at radius 2 is 1.90 bits per heavy atom. The van der Waals surface area contributed by atoms with Gasteiger partial charge in [-0.1, -0.05) is 37.1 Å². The van der Waals surface area contributed by atoms with Gasteiger partial charge in [0.05, 0.1) is 29.8 Å². The van der Waals surface area contributed by atoms with Crippen LogP contribution >= 0.6 is 0 Å². The van der Waals surface area contributed by atoms with Gasteiger partial charge in [0.15, 0.2) is 0 Å². The van der Waals surface area contributed by atoms with E-state index in [1.165, 1.54) is 12.8 Å². The minimum absolute atomic E-state index is 0.0517. The lowest BCUT2D eigenvalue weighted by Gasteiger charge is -2.41. The number of carbonyl (C=O) groups excluding carboxylic acids is 3. The molecule has 1 saturated heterocycles. The van der Waals surface area contributed by atoms with Gasteiger partial charge in [-0.3, -0.25) is 19.3 Å². The number of benzene rings is 1. The standard InChI is InChI=1S/C29H38N6O4/c36-26(33-25-12-15-32-35(25)22-8-1-2-9-22)20-34-18-7-14-29(21-34)13-5-6-19-39-24-11-4-3-10-23(24)27(37)30-16-17-31-28(29)38/h3-6,10-12,15,22H,1-2,7-9,13-14,16-21H2,(H,30,37)(H,31,38)(H,33,36)/b6-5-. The molecule has 0 radical (unpaired) electrons. The quantitative estimate of drug-likeness (QED) is 0.520. The summed E-state index contributed by atoms with van der Waals surface area (Å²) in [6.07, 6.45) is 12.3. The highest BCUT2D eigenvalue weighted by molar-refractivity contribution is 5.97. The second-order valence-electron chi connectivity index (χ2n) is 10.7. The molecule has 2 fully saturated rings. The molecule has 1 atom stereocenters. The summed E-state index contributed by atoms with van der Waals surface area (Å²) in [6.45, 7) is 2.38. The highest BCUT2D eigenvalue weighted by Gasteiger charge is 2.41. The molecule has 1 aliphatic carbocycles. The molecule has 1 aromatic carbocycles. The Labute approximate surface area is 229 Å². The van der Waals surface area contributed by atoms with E-state index < -0.39 is 5.41 Å². The molecule has 39 heavy (non-hydrogen) atoms. The summed E-state index contributed by atoms with van der Waals surface area (Å²) in [6, 6.07) is 9.33. The predicted molar refractivity (Wildman–Crippen MR) is 148 cm³/mol. The molecule has 2 aliphatic heterocycles. The number of ether oxygens (including phenoxy) is 1. The number of hydrogen-bond acceptors (Lipinski definition) is 6. The van der Waals surface area contributed by atoms with Crippen LogP contribution in [0, 0.1) is 5.41 Å². The second-order valence-corrected chi connectivity index (χ2v) is 10.7. The number of hydrogen-bond donors (Lipinski definition) is 3. The largest absolute Gasteiger partial charge is 0.489 e. The SMILES string of the molecule is O=C(CN1CCCC2(C/C=C\COc3ccccc3C(=O)NCCNC2=O)C1)Nc1ccnn1C1CCCC1. The van der Waals surface area contributed by atoms with Gasteiger partial charge in [0.2, 0.25) is 11.8 Å². The fourth-order valence-corrected chi connectivity index (χ4v) is 5.98. The van der Waals surface area contributed by atoms with Crippen molar-refractivity contribution >= 4 is 23.5 Å². The van der Waals surface area contributed by atoms with Gasteiger partial charge in [-0.2, -0.15) is 5.10 Å². The van der Waals surface area contributed by atoms with Gasteiger partial charge in [0.1, 0.15) is 18.2 Å². The van der Waals surface area contributed by atoms with Gasteiger partial charge < -0.3 is 20.7 Å². The third-order valence-electron chi connectivity index (χ3n) is 7.95. The maximum atomic E-state index is 13.5. The third-order valence-corrected chi connectivity index (χ3v) is 7.95. The molecule has 5 rings (SSSR count). The van der Waals surface area contributed by atoms with E-state index in [1.807, 2.05) is 29.0 Å². The van der Waals surface area contributed by atoms with E-state index >= 15 is 0 Å². The molecular formula is C29H38N6O4. The average molecular weight is 535 g/mol. The van der Waals surface area contributed by atoms with Crippen LogP contribution in [0.2, 0.25) is 0 Å². The van der Waals surface area contributed by atoms with Crippen LogP contribution in [0.1, 0.15) is 61.3 Å². The molecule has 3 heterocycles. The minimum Gasteiger partial charge on any atom is -0.489 e. The number of amides is 3. The summed E-state index contributed by atoms with van der Waals surface area (Å²) in [5.41, 5.74) is -0.189. The van der Waals surface area contributed by atoms with Crippen LogP contribution in [0.15, 0.2) is 48.7 Å². The van der Waals surface area contributed by atoms with Crippen molar-refractivity contribution in [2.75, 3.05) is 44.6 Å². The number of nitrogens with one attached hydrogen (secondary N) is 3. The summed E-state index contributed by atoms with van der Waals surface area (Å²) >= 11 is 0. The fourth-order valence-electron chi connectivity index (χ4n) is 5.98. The zero-order valence-electron chi connectivity index (χ0n) is 22.4. The van der Waals surface area contributed by atoms with E-state index in [9.17, 15) is 14.4 Å². The van der Waals surface area contributed by atoms with Crippen molar-refractivity contribution in [1.29, 1.82) is 0 Å². The van der Waals surface area contributed by atoms with Crippen molar-refractivity contribution in [1.82, 2.24) is 25.3 Å². The molecule has 1 unspecified atom stereocenters. The van der Waals surface area contributed by atoms with E-state index in [4.69, 9.17) is 4.74 Å². The van der Waals surface area contributed by atoms with Crippen molar-refractivity contribution in [2.24, 2.45) is 5.41 Å². The smallest absolute Gasteiger partial charge is 0.255 e. The maximum absolute atomic E-state index is 13.5. The number of piperidine rings is 1. The normalized spacial score (nSPS) is 24.2. The molecule has 208 valence electrons. The Kier molecular flexibility index (Phi) is 8.61. The lowest BCUT2D eigenvalue weighted by molar-refractivity contribution is -0.135. The van der Waals surface area contributed by atoms with Crippen LogP contribution in [0.3, 0.4) is 0 Å². The van der Waals surface area contributed by atoms with Crippen LogP contribution in [-0.4, -0.2) is 71.7 Å². The highest BCUT2D eigenvalue weighted by Crippen LogP contribution is 2.35. The van der Waals surface area contributed by atoms with Gasteiger partial charge >= 0.3 is 0 Å². The number of rotatable bonds is 4. The van der Waals surface area contributed by atoms with Gasteiger partial charge in [0.25, 0.3) is 5.91 Å². The van der Waals surface area contributed by atoms with Gasteiger partial charge in [-0.25, -0.2) is 4.68 Å². The number of anilines is 1. The number of likely N-dealkylation sites (tertiary alicyclic amines) is 1. The summed E-state index contributed by atoms with van der Waals surface area (Å²) in [5, 5.41) is 13.4. The van der Waals surface area contributed by atoms with Gasteiger partial charge in [-0.15, -0.1) is 0 Å². The van der Waals surface area contributed by atoms with E-state index in [2.05, 4.69) is 25.9 Å². The summed E-state index contributed by atoms with van der Waals surface area (Å²) in [5.74, 6) is 0.878. The number of fused-ring (bicyclic) bond motifs is 1. The molecule has 0 bridgehead atoms. The zero-order chi connectivity index (χ0) is 27.1. The van der Waals surface area contributed by atoms with E-state index in [1.54, 1.807) is 24.4 Å². The lowest BCUT2D eigenvalue weighted by atomic mass is 9.76. The van der Waals surface area contributed by atoms with Crippen molar-refractivity contribution in [3.63, 3.8) is 0 Å². The molecule has 10 heteroatoms. The first kappa shape index (κ1) is 26.9. The van der Waals surface area contributed by atoms with Crippen molar-refractivity contribution in [3.8, 4) is 5.75 Å². The Morgan fingerprint density at radius 1 is 1.08 bits per heavy atom. The monoisotopic (exact) mass is 534 g/mol. The maximum Gasteiger partial charge on any atom is 0.255 e. The van der Waals surface area contributed by atoms with Gasteiger partial charge in [-0.05, 0) is 50.8 Å². The first-order valence-electron chi connectivity index (χ1n) is 14.0. The van der Waals surface area contributed by atoms with E-state index in [-0.39, 0.29) is 24.3 Å². The summed E-state index contributed by atoms with van der Waals surface area (Å²) in [7, 11) is 0. The number of carbonyl (C=O) groups is 3. The molecule has 3 aliphatic rings. The highest BCUT2D eigenvalue weighted by atomic mass is 16.5. The van der Waals surface area contributed by atoms with Crippen LogP contribution in [-0.2, 0) is 9.59 Å². The molecule has 1 saturated carbocycles. The molecule has 1 spiro atoms. The fraction of sp³-hybridized carbons (Fsp3) is 0.517. The minimum atomic E-state index is -0.660. The van der Waals surface area contributed by atoms with Crippen LogP contribution < -0.4 is 20.7 Å². The molecule has 2 aromatic rings. The van der Waals surface area contributed by atoms with Crippen molar-refractivity contribution in [3.05, 3.63) is 54.2 Å². The Hall–Kier alpha value is -3.66. The number of allylic oxidation sites excluding steroid dienone is 1. The van der Waals surface area contributed by atoms with E-state index in [0.717, 1.165) is 38.0 Å². The summed E-state index contributed by atoms with van der Waals surface area (Å²) < 4.78 is 7.80. The van der Waals surface area contributed by atoms with Crippen LogP contribution in [0.4, 0.5) is 5.82 Å². The molecule has 10 nitrogen and oxygen atoms in total. The third kappa shape index (κ3) is 6.50. The Bertz CT molecular complexity index is 1200. The molecule has 1 aromatic heterocycles. The molecule has 3 amide bonds. The zero-order valence-corrected chi connectivity index (χ0v) is 22.4. The second kappa shape index (κ2) is 12.5. The van der Waals surface area contributed by atoms with Crippen molar-refractivity contribution < 1.29 is 19.1 Å². The molecule has 3 N–H and O–H groups in total. The lowest BCUT2D eigenvalue weighted by Crippen LogP contribution is -2.53. The number of aromatic nitrogens is 2. The predicted octanol–water partition coefficient (Wildman–Crippen LogP) is 2.90. The Balaban J connectivity index is 1.24. The van der Waals surface area contributed by atoms with Crippen LogP contribution in [0.5, 0.6) is 5.75 Å². The average Bonchev–Trinajstić information content (AvgIpc) is 3.63. The molecular weight excluding hydrogens is 496 g/mol. The summed E-state index contributed by atoms with van der Waals surface area (Å²) in [4.78, 5) is 41.2. The topological polar surface area (TPSA) is 118 Å². The van der Waals surface area contributed by atoms with E-state index in [0.29, 0.717) is 50.0 Å². The van der Waals surface area contributed by atoms with Crippen molar-refractivity contribution in [2.45, 2.75) is 51.0 Å². The first-order chi connectivity index (χ1) is 19.0.